The number of benzene rings is 3. The lowest BCUT2D eigenvalue weighted by Crippen LogP contribution is -2.08. The Morgan fingerprint density at radius 1 is 0.617 bits per heavy atom. The Kier molecular flexibility index (Phi) is 8.38. The zero-order chi connectivity index (χ0) is 33.2. The fourth-order valence-electron chi connectivity index (χ4n) is 5.41. The van der Waals surface area contributed by atoms with Crippen molar-refractivity contribution in [2.45, 2.75) is 0 Å². The molecule has 47 heavy (non-hydrogen) atoms. The van der Waals surface area contributed by atoms with Crippen molar-refractivity contribution in [1.82, 2.24) is 19.1 Å². The van der Waals surface area contributed by atoms with Crippen LogP contribution in [0.4, 0.5) is 11.4 Å². The van der Waals surface area contributed by atoms with Crippen LogP contribution in [0.15, 0.2) is 84.9 Å². The zero-order valence-corrected chi connectivity index (χ0v) is 27.9. The Hall–Kier alpha value is -6.08. The van der Waals surface area contributed by atoms with Crippen molar-refractivity contribution in [2.24, 2.45) is 14.1 Å². The van der Waals surface area contributed by atoms with Crippen molar-refractivity contribution < 1.29 is 0 Å². The van der Waals surface area contributed by atoms with Crippen LogP contribution in [0.1, 0.15) is 21.8 Å². The molecule has 3 aromatic carbocycles. The van der Waals surface area contributed by atoms with E-state index in [1.165, 1.54) is 0 Å². The highest BCUT2D eigenvalue weighted by atomic mass is 32.1. The standard InChI is InChI=1S/C38H32N8S/c1-43(2)29-16-12-26(13-17-29)35-36(27-14-18-30(19-15-27)44(3)4)46(6)38(42-35)34-22-21-31(47-34)20-9-25-7-10-28(11-8-25)37-41-32(23-39)33(24-40)45(37)5/h7-8,10-19,21-22H,1-6H3. The maximum Gasteiger partial charge on any atom is 0.177 e. The first-order chi connectivity index (χ1) is 22.7. The number of rotatable bonds is 6. The van der Waals surface area contributed by atoms with Gasteiger partial charge in [0.2, 0.25) is 0 Å². The minimum Gasteiger partial charge on any atom is -0.378 e. The summed E-state index contributed by atoms with van der Waals surface area (Å²) >= 11 is 1.61. The molecule has 0 bridgehead atoms. The lowest BCUT2D eigenvalue weighted by Gasteiger charge is -2.14. The quantitative estimate of drug-likeness (QED) is 0.181. The largest absolute Gasteiger partial charge is 0.378 e. The highest BCUT2D eigenvalue weighted by Crippen LogP contribution is 2.38. The highest BCUT2D eigenvalue weighted by Gasteiger charge is 2.21. The minimum atomic E-state index is 0.124. The van der Waals surface area contributed by atoms with E-state index in [1.807, 2.05) is 64.6 Å². The second kappa shape index (κ2) is 12.7. The van der Waals surface area contributed by atoms with Crippen molar-refractivity contribution in [2.75, 3.05) is 38.0 Å². The van der Waals surface area contributed by atoms with Crippen LogP contribution in [-0.4, -0.2) is 47.3 Å². The lowest BCUT2D eigenvalue weighted by atomic mass is 10.0. The molecule has 8 nitrogen and oxygen atoms in total. The summed E-state index contributed by atoms with van der Waals surface area (Å²) in [6.07, 6.45) is 0. The maximum atomic E-state index is 9.39. The van der Waals surface area contributed by atoms with Gasteiger partial charge in [0.15, 0.2) is 17.2 Å². The first kappa shape index (κ1) is 30.9. The molecule has 0 saturated carbocycles. The van der Waals surface area contributed by atoms with E-state index < -0.39 is 0 Å². The molecule has 0 spiro atoms. The van der Waals surface area contributed by atoms with Crippen molar-refractivity contribution >= 4 is 22.7 Å². The summed E-state index contributed by atoms with van der Waals surface area (Å²) in [7, 11) is 12.0. The third kappa shape index (κ3) is 5.99. The molecule has 6 aromatic rings. The number of hydrogen-bond donors (Lipinski definition) is 0. The minimum absolute atomic E-state index is 0.124. The Bertz CT molecular complexity index is 2220. The Balaban J connectivity index is 1.32. The predicted octanol–water partition coefficient (Wildman–Crippen LogP) is 7.16. The number of nitriles is 2. The molecule has 3 heterocycles. The van der Waals surface area contributed by atoms with Gasteiger partial charge in [-0.1, -0.05) is 48.2 Å². The smallest absolute Gasteiger partial charge is 0.177 e. The molecule has 230 valence electrons. The van der Waals surface area contributed by atoms with Crippen LogP contribution >= 0.6 is 11.3 Å². The number of thiophene rings is 1. The number of aromatic nitrogens is 4. The number of imidazole rings is 2. The summed E-state index contributed by atoms with van der Waals surface area (Å²) in [6, 6.07) is 32.9. The van der Waals surface area contributed by atoms with Gasteiger partial charge in [0.1, 0.15) is 18.0 Å². The van der Waals surface area contributed by atoms with Gasteiger partial charge in [0, 0.05) is 75.9 Å². The second-order valence-electron chi connectivity index (χ2n) is 11.5. The summed E-state index contributed by atoms with van der Waals surface area (Å²) in [5, 5.41) is 18.7. The van der Waals surface area contributed by atoms with Crippen LogP contribution in [0.5, 0.6) is 0 Å². The SMILES string of the molecule is CN(C)c1ccc(-c2nc(-c3ccc(C#Cc4ccc(-c5nc(C#N)c(C#N)n5C)cc4)s3)n(C)c2-c2ccc(N(C)C)cc2)cc1. The fraction of sp³-hybridized carbons (Fsp3) is 0.158. The van der Waals surface area contributed by atoms with Crippen LogP contribution in [-0.2, 0) is 14.1 Å². The van der Waals surface area contributed by atoms with E-state index in [1.54, 1.807) is 23.0 Å². The van der Waals surface area contributed by atoms with Gasteiger partial charge in [-0.15, -0.1) is 11.3 Å². The molecule has 9 heteroatoms. The molecule has 0 N–H and O–H groups in total. The van der Waals surface area contributed by atoms with E-state index in [2.05, 4.69) is 98.9 Å². The molecule has 0 fully saturated rings. The van der Waals surface area contributed by atoms with E-state index in [4.69, 9.17) is 4.98 Å². The van der Waals surface area contributed by atoms with E-state index in [0.717, 1.165) is 60.6 Å². The van der Waals surface area contributed by atoms with Crippen LogP contribution in [0.2, 0.25) is 0 Å². The molecule has 0 aliphatic rings. The molecule has 0 amide bonds. The molecule has 0 atom stereocenters. The average Bonchev–Trinajstić information content (AvgIpc) is 3.79. The molecule has 3 aromatic heterocycles. The van der Waals surface area contributed by atoms with Crippen molar-refractivity contribution in [3.63, 3.8) is 0 Å². The maximum absolute atomic E-state index is 9.39. The van der Waals surface area contributed by atoms with Gasteiger partial charge in [-0.2, -0.15) is 10.5 Å². The summed E-state index contributed by atoms with van der Waals surface area (Å²) < 4.78 is 3.81. The molecular formula is C38H32N8S. The van der Waals surface area contributed by atoms with E-state index in [0.29, 0.717) is 5.82 Å². The second-order valence-corrected chi connectivity index (χ2v) is 12.6. The zero-order valence-electron chi connectivity index (χ0n) is 27.1. The first-order valence-electron chi connectivity index (χ1n) is 14.9. The predicted molar refractivity (Wildman–Crippen MR) is 190 cm³/mol. The lowest BCUT2D eigenvalue weighted by molar-refractivity contribution is 0.907. The topological polar surface area (TPSA) is 89.7 Å². The molecule has 0 unspecified atom stereocenters. The van der Waals surface area contributed by atoms with E-state index >= 15 is 0 Å². The normalized spacial score (nSPS) is 10.6. The van der Waals surface area contributed by atoms with Crippen molar-refractivity contribution in [1.29, 1.82) is 10.5 Å². The Morgan fingerprint density at radius 3 is 1.77 bits per heavy atom. The fourth-order valence-corrected chi connectivity index (χ4v) is 6.29. The van der Waals surface area contributed by atoms with Gasteiger partial charge in [-0.05, 0) is 48.5 Å². The van der Waals surface area contributed by atoms with Crippen LogP contribution < -0.4 is 9.80 Å². The van der Waals surface area contributed by atoms with Crippen LogP contribution in [0.25, 0.3) is 44.6 Å². The van der Waals surface area contributed by atoms with Gasteiger partial charge >= 0.3 is 0 Å². The van der Waals surface area contributed by atoms with Crippen LogP contribution in [0.3, 0.4) is 0 Å². The number of nitrogens with zero attached hydrogens (tertiary/aromatic N) is 8. The molecule has 0 radical (unpaired) electrons. The van der Waals surface area contributed by atoms with Crippen molar-refractivity contribution in [3.05, 3.63) is 107 Å². The summed E-state index contributed by atoms with van der Waals surface area (Å²) in [4.78, 5) is 15.7. The van der Waals surface area contributed by atoms with Crippen molar-refractivity contribution in [3.8, 4) is 68.6 Å². The Labute approximate surface area is 279 Å². The highest BCUT2D eigenvalue weighted by molar-refractivity contribution is 7.15. The van der Waals surface area contributed by atoms with Gasteiger partial charge < -0.3 is 18.9 Å². The monoisotopic (exact) mass is 632 g/mol. The van der Waals surface area contributed by atoms with E-state index in [-0.39, 0.29) is 11.4 Å². The molecular weight excluding hydrogens is 601 g/mol. The molecule has 6 rings (SSSR count). The summed E-state index contributed by atoms with van der Waals surface area (Å²) in [6.45, 7) is 0. The molecule has 0 saturated heterocycles. The summed E-state index contributed by atoms with van der Waals surface area (Å²) in [5.41, 5.74) is 8.45. The van der Waals surface area contributed by atoms with Gasteiger partial charge in [0.25, 0.3) is 0 Å². The summed E-state index contributed by atoms with van der Waals surface area (Å²) in [5.74, 6) is 8.02. The third-order valence-corrected chi connectivity index (χ3v) is 9.01. The van der Waals surface area contributed by atoms with Gasteiger partial charge in [-0.25, -0.2) is 9.97 Å². The van der Waals surface area contributed by atoms with Gasteiger partial charge in [-0.3, -0.25) is 0 Å². The number of hydrogen-bond acceptors (Lipinski definition) is 7. The molecule has 0 aliphatic heterocycles. The van der Waals surface area contributed by atoms with E-state index in [9.17, 15) is 10.5 Å². The number of anilines is 2. The molecule has 0 aliphatic carbocycles. The average molecular weight is 633 g/mol. The van der Waals surface area contributed by atoms with Gasteiger partial charge in [0.05, 0.1) is 21.1 Å². The first-order valence-corrected chi connectivity index (χ1v) is 15.7. The third-order valence-electron chi connectivity index (χ3n) is 8.02. The van der Waals surface area contributed by atoms with Crippen LogP contribution in [0, 0.1) is 34.5 Å². The Morgan fingerprint density at radius 2 is 1.21 bits per heavy atom.